The number of esters is 1. The van der Waals surface area contributed by atoms with Crippen LogP contribution in [0.2, 0.25) is 0 Å². The number of nitrogens with zero attached hydrogens (tertiary/aromatic N) is 2. The molecule has 1 unspecified atom stereocenters. The zero-order valence-corrected chi connectivity index (χ0v) is 10.2. The smallest absolute Gasteiger partial charge is 0.355 e. The van der Waals surface area contributed by atoms with Crippen molar-refractivity contribution in [2.24, 2.45) is 0 Å². The number of rotatable bonds is 2. The number of fused-ring (bicyclic) bond motifs is 1. The largest absolute Gasteiger partial charge is 0.464 e. The summed E-state index contributed by atoms with van der Waals surface area (Å²) in [6.07, 6.45) is 4.18. The van der Waals surface area contributed by atoms with E-state index in [-0.39, 0.29) is 5.97 Å². The number of aromatic nitrogens is 2. The molecule has 3 rings (SSSR count). The molecule has 94 valence electrons. The summed E-state index contributed by atoms with van der Waals surface area (Å²) in [4.78, 5) is 16.2. The summed E-state index contributed by atoms with van der Waals surface area (Å²) in [6.45, 7) is 1.03. The summed E-state index contributed by atoms with van der Waals surface area (Å²) in [5, 5.41) is 3.40. The molecule has 1 saturated heterocycles. The predicted molar refractivity (Wildman–Crippen MR) is 66.5 cm³/mol. The van der Waals surface area contributed by atoms with Crippen molar-refractivity contribution in [3.05, 3.63) is 35.8 Å². The Kier molecular flexibility index (Phi) is 2.76. The third kappa shape index (κ3) is 1.76. The van der Waals surface area contributed by atoms with Crippen molar-refractivity contribution in [1.29, 1.82) is 0 Å². The Labute approximate surface area is 105 Å². The highest BCUT2D eigenvalue weighted by molar-refractivity contribution is 5.88. The molecular weight excluding hydrogens is 230 g/mol. The molecule has 5 heteroatoms. The van der Waals surface area contributed by atoms with Crippen molar-refractivity contribution in [3.8, 4) is 0 Å². The zero-order chi connectivity index (χ0) is 12.5. The molecule has 2 aromatic heterocycles. The van der Waals surface area contributed by atoms with E-state index < -0.39 is 0 Å². The van der Waals surface area contributed by atoms with Crippen molar-refractivity contribution in [3.63, 3.8) is 0 Å². The SMILES string of the molecule is COC(=O)c1cccc2nc(C3CCCN3)cn12. The van der Waals surface area contributed by atoms with Crippen LogP contribution in [0.25, 0.3) is 5.65 Å². The maximum Gasteiger partial charge on any atom is 0.355 e. The lowest BCUT2D eigenvalue weighted by atomic mass is 10.2. The highest BCUT2D eigenvalue weighted by Gasteiger charge is 2.20. The summed E-state index contributed by atoms with van der Waals surface area (Å²) in [5.74, 6) is -0.344. The van der Waals surface area contributed by atoms with Gasteiger partial charge in [-0.25, -0.2) is 9.78 Å². The van der Waals surface area contributed by atoms with Gasteiger partial charge in [-0.3, -0.25) is 4.40 Å². The minimum Gasteiger partial charge on any atom is -0.464 e. The monoisotopic (exact) mass is 245 g/mol. The van der Waals surface area contributed by atoms with Crippen LogP contribution in [0.4, 0.5) is 0 Å². The number of carbonyl (C=O) groups is 1. The number of ether oxygens (including phenoxy) is 1. The van der Waals surface area contributed by atoms with Crippen LogP contribution in [0.5, 0.6) is 0 Å². The van der Waals surface area contributed by atoms with Crippen LogP contribution in [-0.2, 0) is 4.74 Å². The van der Waals surface area contributed by atoms with Gasteiger partial charge in [0.25, 0.3) is 0 Å². The molecule has 1 aliphatic heterocycles. The van der Waals surface area contributed by atoms with E-state index in [0.29, 0.717) is 11.7 Å². The first-order valence-electron chi connectivity index (χ1n) is 6.09. The number of pyridine rings is 1. The average molecular weight is 245 g/mol. The zero-order valence-electron chi connectivity index (χ0n) is 10.2. The molecule has 0 aliphatic carbocycles. The maximum atomic E-state index is 11.7. The first-order valence-corrected chi connectivity index (χ1v) is 6.09. The second-order valence-electron chi connectivity index (χ2n) is 4.45. The fraction of sp³-hybridized carbons (Fsp3) is 0.385. The Morgan fingerprint density at radius 2 is 2.44 bits per heavy atom. The highest BCUT2D eigenvalue weighted by Crippen LogP contribution is 2.23. The lowest BCUT2D eigenvalue weighted by Gasteiger charge is -2.04. The Morgan fingerprint density at radius 3 is 3.17 bits per heavy atom. The minimum atomic E-state index is -0.344. The van der Waals surface area contributed by atoms with Crippen molar-refractivity contribution >= 4 is 11.6 Å². The van der Waals surface area contributed by atoms with E-state index in [2.05, 4.69) is 10.3 Å². The van der Waals surface area contributed by atoms with E-state index in [9.17, 15) is 4.79 Å². The van der Waals surface area contributed by atoms with Crippen molar-refractivity contribution in [1.82, 2.24) is 14.7 Å². The lowest BCUT2D eigenvalue weighted by molar-refractivity contribution is 0.0592. The Bertz CT molecular complexity index is 585. The molecular formula is C13H15N3O2. The van der Waals surface area contributed by atoms with Crippen LogP contribution in [0, 0.1) is 0 Å². The third-order valence-electron chi connectivity index (χ3n) is 3.32. The summed E-state index contributed by atoms with van der Waals surface area (Å²) < 4.78 is 6.57. The van der Waals surface area contributed by atoms with Gasteiger partial charge in [0, 0.05) is 6.20 Å². The molecule has 1 fully saturated rings. The molecule has 3 heterocycles. The van der Waals surface area contributed by atoms with Gasteiger partial charge in [-0.2, -0.15) is 0 Å². The lowest BCUT2D eigenvalue weighted by Crippen LogP contribution is -2.13. The van der Waals surface area contributed by atoms with Crippen molar-refractivity contribution < 1.29 is 9.53 Å². The van der Waals surface area contributed by atoms with Crippen LogP contribution in [0.15, 0.2) is 24.4 Å². The number of methoxy groups -OCH3 is 1. The molecule has 0 aromatic carbocycles. The molecule has 1 aliphatic rings. The van der Waals surface area contributed by atoms with Gasteiger partial charge in [-0.1, -0.05) is 6.07 Å². The van der Waals surface area contributed by atoms with Gasteiger partial charge in [0.05, 0.1) is 18.8 Å². The number of hydrogen-bond donors (Lipinski definition) is 1. The molecule has 5 nitrogen and oxygen atoms in total. The van der Waals surface area contributed by atoms with E-state index >= 15 is 0 Å². The van der Waals surface area contributed by atoms with E-state index in [1.54, 1.807) is 10.5 Å². The van der Waals surface area contributed by atoms with Crippen molar-refractivity contribution in [2.75, 3.05) is 13.7 Å². The Hall–Kier alpha value is -1.88. The van der Waals surface area contributed by atoms with Crippen molar-refractivity contribution in [2.45, 2.75) is 18.9 Å². The molecule has 0 radical (unpaired) electrons. The number of carbonyl (C=O) groups excluding carboxylic acids is 1. The number of nitrogens with one attached hydrogen (secondary N) is 1. The van der Waals surface area contributed by atoms with Gasteiger partial charge in [0.1, 0.15) is 11.3 Å². The maximum absolute atomic E-state index is 11.7. The van der Waals surface area contributed by atoms with Crippen LogP contribution in [0.1, 0.15) is 35.1 Å². The van der Waals surface area contributed by atoms with E-state index in [1.807, 2.05) is 18.3 Å². The predicted octanol–water partition coefficient (Wildman–Crippen LogP) is 1.55. The summed E-state index contributed by atoms with van der Waals surface area (Å²) in [5.41, 5.74) is 2.28. The van der Waals surface area contributed by atoms with Gasteiger partial charge >= 0.3 is 5.97 Å². The quantitative estimate of drug-likeness (QED) is 0.815. The topological polar surface area (TPSA) is 55.6 Å². The number of imidazole rings is 1. The molecule has 0 amide bonds. The first kappa shape index (κ1) is 11.2. The second kappa shape index (κ2) is 4.42. The minimum absolute atomic E-state index is 0.301. The van der Waals surface area contributed by atoms with E-state index in [0.717, 1.165) is 24.3 Å². The fourth-order valence-corrected chi connectivity index (χ4v) is 2.41. The molecule has 0 spiro atoms. The van der Waals surface area contributed by atoms with Gasteiger partial charge in [0.15, 0.2) is 0 Å². The third-order valence-corrected chi connectivity index (χ3v) is 3.32. The van der Waals surface area contributed by atoms with Gasteiger partial charge in [-0.05, 0) is 31.5 Å². The van der Waals surface area contributed by atoms with Crippen LogP contribution in [-0.4, -0.2) is 29.0 Å². The summed E-state index contributed by atoms with van der Waals surface area (Å²) in [6, 6.07) is 5.76. The fourth-order valence-electron chi connectivity index (χ4n) is 2.41. The molecule has 1 atom stereocenters. The number of hydrogen-bond acceptors (Lipinski definition) is 4. The van der Waals surface area contributed by atoms with Crippen LogP contribution >= 0.6 is 0 Å². The Morgan fingerprint density at radius 1 is 1.56 bits per heavy atom. The molecule has 0 saturated carbocycles. The molecule has 2 aromatic rings. The summed E-state index contributed by atoms with van der Waals surface area (Å²) >= 11 is 0. The molecule has 18 heavy (non-hydrogen) atoms. The average Bonchev–Trinajstić information content (AvgIpc) is 3.04. The normalized spacial score (nSPS) is 19.3. The van der Waals surface area contributed by atoms with Gasteiger partial charge in [0.2, 0.25) is 0 Å². The van der Waals surface area contributed by atoms with Gasteiger partial charge < -0.3 is 10.1 Å². The molecule has 1 N–H and O–H groups in total. The van der Waals surface area contributed by atoms with E-state index in [4.69, 9.17) is 4.74 Å². The summed E-state index contributed by atoms with van der Waals surface area (Å²) in [7, 11) is 1.39. The van der Waals surface area contributed by atoms with Crippen LogP contribution in [0.3, 0.4) is 0 Å². The second-order valence-corrected chi connectivity index (χ2v) is 4.45. The standard InChI is InChI=1S/C13H15N3O2/c1-18-13(17)11-5-2-6-12-15-10(8-16(11)12)9-4-3-7-14-9/h2,5-6,8-9,14H,3-4,7H2,1H3. The Balaban J connectivity index is 2.08. The van der Waals surface area contributed by atoms with Gasteiger partial charge in [-0.15, -0.1) is 0 Å². The van der Waals surface area contributed by atoms with E-state index in [1.165, 1.54) is 13.5 Å². The van der Waals surface area contributed by atoms with Crippen LogP contribution < -0.4 is 5.32 Å². The first-order chi connectivity index (χ1) is 8.79. The highest BCUT2D eigenvalue weighted by atomic mass is 16.5. The molecule has 0 bridgehead atoms.